The standard InChI is InChI=1S/C21H29N5O2/c1-16-6-4-5-7-17(16)20-22-18(28-23-20)14-26-13-12-25(3)21(15-26)9-8-19(27)24(2)11-10-21/h4-7H,8-15H2,1-3H3/t21-/m0/s1. The quantitative estimate of drug-likeness (QED) is 0.809. The third-order valence-electron chi connectivity index (χ3n) is 6.43. The monoisotopic (exact) mass is 383 g/mol. The summed E-state index contributed by atoms with van der Waals surface area (Å²) in [7, 11) is 4.10. The molecule has 2 aliphatic heterocycles. The van der Waals surface area contributed by atoms with Crippen LogP contribution in [0.3, 0.4) is 0 Å². The molecule has 2 saturated heterocycles. The van der Waals surface area contributed by atoms with Crippen molar-refractivity contribution in [2.24, 2.45) is 0 Å². The molecule has 4 rings (SSSR count). The summed E-state index contributed by atoms with van der Waals surface area (Å²) < 4.78 is 5.56. The summed E-state index contributed by atoms with van der Waals surface area (Å²) in [4.78, 5) is 23.5. The first-order chi connectivity index (χ1) is 13.5. The van der Waals surface area contributed by atoms with Crippen molar-refractivity contribution in [1.29, 1.82) is 0 Å². The number of benzene rings is 1. The number of carbonyl (C=O) groups excluding carboxylic acids is 1. The fourth-order valence-corrected chi connectivity index (χ4v) is 4.42. The molecule has 1 atom stereocenters. The molecule has 150 valence electrons. The molecular formula is C21H29N5O2. The van der Waals surface area contributed by atoms with E-state index in [1.54, 1.807) is 0 Å². The highest BCUT2D eigenvalue weighted by atomic mass is 16.5. The molecule has 0 N–H and O–H groups in total. The first-order valence-electron chi connectivity index (χ1n) is 10.0. The summed E-state index contributed by atoms with van der Waals surface area (Å²) in [5.74, 6) is 1.56. The Morgan fingerprint density at radius 1 is 1.14 bits per heavy atom. The Hall–Kier alpha value is -2.25. The smallest absolute Gasteiger partial charge is 0.241 e. The van der Waals surface area contributed by atoms with Gasteiger partial charge in [-0.2, -0.15) is 4.98 Å². The Kier molecular flexibility index (Phi) is 5.21. The molecule has 0 unspecified atom stereocenters. The van der Waals surface area contributed by atoms with E-state index in [4.69, 9.17) is 4.52 Å². The number of likely N-dealkylation sites (N-methyl/N-ethyl adjacent to an activating group) is 1. The maximum Gasteiger partial charge on any atom is 0.241 e. The molecule has 2 fully saturated rings. The SMILES string of the molecule is Cc1ccccc1-c1noc(CN2CCN(C)[C@]3(CCC(=O)N(C)CC3)C2)n1. The number of aryl methyl sites for hydroxylation is 1. The van der Waals surface area contributed by atoms with Crippen molar-refractivity contribution in [3.8, 4) is 11.4 Å². The Morgan fingerprint density at radius 2 is 1.96 bits per heavy atom. The normalized spacial score (nSPS) is 24.7. The summed E-state index contributed by atoms with van der Waals surface area (Å²) in [6.07, 6.45) is 2.52. The lowest BCUT2D eigenvalue weighted by Crippen LogP contribution is -2.60. The van der Waals surface area contributed by atoms with Gasteiger partial charge in [-0.3, -0.25) is 14.6 Å². The second-order valence-corrected chi connectivity index (χ2v) is 8.25. The Balaban J connectivity index is 1.47. The van der Waals surface area contributed by atoms with Crippen LogP contribution >= 0.6 is 0 Å². The van der Waals surface area contributed by atoms with Gasteiger partial charge in [0.25, 0.3) is 0 Å². The highest BCUT2D eigenvalue weighted by Gasteiger charge is 2.42. The van der Waals surface area contributed by atoms with Crippen LogP contribution < -0.4 is 0 Å². The second kappa shape index (κ2) is 7.64. The van der Waals surface area contributed by atoms with E-state index >= 15 is 0 Å². The number of amides is 1. The molecule has 1 aromatic carbocycles. The molecule has 3 heterocycles. The van der Waals surface area contributed by atoms with Crippen LogP contribution in [0.4, 0.5) is 0 Å². The van der Waals surface area contributed by atoms with Gasteiger partial charge in [0.2, 0.25) is 17.6 Å². The van der Waals surface area contributed by atoms with Crippen molar-refractivity contribution in [1.82, 2.24) is 24.8 Å². The van der Waals surface area contributed by atoms with Gasteiger partial charge in [-0.15, -0.1) is 0 Å². The summed E-state index contributed by atoms with van der Waals surface area (Å²) in [5.41, 5.74) is 2.19. The van der Waals surface area contributed by atoms with Crippen molar-refractivity contribution in [3.63, 3.8) is 0 Å². The number of nitrogens with zero attached hydrogens (tertiary/aromatic N) is 5. The van der Waals surface area contributed by atoms with E-state index in [1.807, 2.05) is 30.1 Å². The molecule has 1 spiro atoms. The van der Waals surface area contributed by atoms with E-state index in [0.717, 1.165) is 50.1 Å². The van der Waals surface area contributed by atoms with Gasteiger partial charge in [-0.25, -0.2) is 0 Å². The number of likely N-dealkylation sites (tertiary alicyclic amines) is 1. The first-order valence-corrected chi connectivity index (χ1v) is 10.0. The lowest BCUT2D eigenvalue weighted by molar-refractivity contribution is -0.129. The van der Waals surface area contributed by atoms with Gasteiger partial charge >= 0.3 is 0 Å². The van der Waals surface area contributed by atoms with Gasteiger partial charge in [0.15, 0.2) is 0 Å². The van der Waals surface area contributed by atoms with Crippen LogP contribution in [-0.2, 0) is 11.3 Å². The van der Waals surface area contributed by atoms with Gasteiger partial charge < -0.3 is 9.42 Å². The molecule has 7 nitrogen and oxygen atoms in total. The fraction of sp³-hybridized carbons (Fsp3) is 0.571. The van der Waals surface area contributed by atoms with Gasteiger partial charge in [0.05, 0.1) is 6.54 Å². The Morgan fingerprint density at radius 3 is 2.79 bits per heavy atom. The third kappa shape index (κ3) is 3.69. The van der Waals surface area contributed by atoms with Crippen molar-refractivity contribution in [2.75, 3.05) is 40.3 Å². The largest absolute Gasteiger partial charge is 0.346 e. The van der Waals surface area contributed by atoms with E-state index in [0.29, 0.717) is 24.7 Å². The van der Waals surface area contributed by atoms with Gasteiger partial charge in [-0.05, 0) is 32.4 Å². The van der Waals surface area contributed by atoms with E-state index in [9.17, 15) is 4.79 Å². The molecule has 28 heavy (non-hydrogen) atoms. The summed E-state index contributed by atoms with van der Waals surface area (Å²) in [6.45, 7) is 6.39. The zero-order chi connectivity index (χ0) is 19.7. The topological polar surface area (TPSA) is 65.7 Å². The number of aromatic nitrogens is 2. The molecule has 0 saturated carbocycles. The fourth-order valence-electron chi connectivity index (χ4n) is 4.42. The van der Waals surface area contributed by atoms with E-state index in [-0.39, 0.29) is 11.4 Å². The van der Waals surface area contributed by atoms with Crippen LogP contribution in [-0.4, -0.2) is 76.6 Å². The lowest BCUT2D eigenvalue weighted by atomic mass is 9.86. The minimum Gasteiger partial charge on any atom is -0.346 e. The molecule has 1 amide bonds. The van der Waals surface area contributed by atoms with E-state index < -0.39 is 0 Å². The summed E-state index contributed by atoms with van der Waals surface area (Å²) >= 11 is 0. The van der Waals surface area contributed by atoms with Crippen LogP contribution in [0.25, 0.3) is 11.4 Å². The van der Waals surface area contributed by atoms with Crippen molar-refractivity contribution < 1.29 is 9.32 Å². The van der Waals surface area contributed by atoms with Crippen LogP contribution in [0.2, 0.25) is 0 Å². The Bertz CT molecular complexity index is 851. The zero-order valence-corrected chi connectivity index (χ0v) is 17.0. The van der Waals surface area contributed by atoms with Gasteiger partial charge in [0.1, 0.15) is 0 Å². The maximum absolute atomic E-state index is 12.1. The number of rotatable bonds is 3. The highest BCUT2D eigenvalue weighted by molar-refractivity contribution is 5.76. The molecule has 0 bridgehead atoms. The Labute approximate surface area is 166 Å². The minimum absolute atomic E-state index is 0.0392. The van der Waals surface area contributed by atoms with Crippen molar-refractivity contribution in [3.05, 3.63) is 35.7 Å². The number of hydrogen-bond donors (Lipinski definition) is 0. The van der Waals surface area contributed by atoms with Crippen molar-refractivity contribution >= 4 is 5.91 Å². The molecule has 2 aliphatic rings. The average Bonchev–Trinajstić information content (AvgIpc) is 3.09. The first kappa shape index (κ1) is 19.1. The van der Waals surface area contributed by atoms with Crippen LogP contribution in [0.5, 0.6) is 0 Å². The lowest BCUT2D eigenvalue weighted by Gasteiger charge is -2.49. The summed E-state index contributed by atoms with van der Waals surface area (Å²) in [6, 6.07) is 8.08. The number of hydrogen-bond acceptors (Lipinski definition) is 6. The molecule has 7 heteroatoms. The number of carbonyl (C=O) groups is 1. The van der Waals surface area contributed by atoms with Crippen LogP contribution in [0, 0.1) is 6.92 Å². The number of piperazine rings is 1. The molecule has 2 aromatic rings. The molecule has 0 radical (unpaired) electrons. The highest BCUT2D eigenvalue weighted by Crippen LogP contribution is 2.32. The van der Waals surface area contributed by atoms with E-state index in [2.05, 4.69) is 40.0 Å². The average molecular weight is 383 g/mol. The third-order valence-corrected chi connectivity index (χ3v) is 6.43. The zero-order valence-electron chi connectivity index (χ0n) is 17.0. The minimum atomic E-state index is 0.0392. The molecule has 0 aliphatic carbocycles. The second-order valence-electron chi connectivity index (χ2n) is 8.25. The van der Waals surface area contributed by atoms with Crippen LogP contribution in [0.1, 0.15) is 30.7 Å². The molecule has 1 aromatic heterocycles. The predicted molar refractivity (Wildman–Crippen MR) is 107 cm³/mol. The van der Waals surface area contributed by atoms with Crippen LogP contribution in [0.15, 0.2) is 28.8 Å². The summed E-state index contributed by atoms with van der Waals surface area (Å²) in [5, 5.41) is 4.19. The van der Waals surface area contributed by atoms with E-state index in [1.165, 1.54) is 0 Å². The molecular weight excluding hydrogens is 354 g/mol. The van der Waals surface area contributed by atoms with Gasteiger partial charge in [-0.1, -0.05) is 29.4 Å². The predicted octanol–water partition coefficient (Wildman–Crippen LogP) is 2.17. The van der Waals surface area contributed by atoms with Gasteiger partial charge in [0, 0.05) is 50.7 Å². The van der Waals surface area contributed by atoms with Crippen molar-refractivity contribution in [2.45, 2.75) is 38.3 Å². The maximum atomic E-state index is 12.1.